The number of aromatic nitrogens is 6. The van der Waals surface area contributed by atoms with E-state index >= 15 is 0 Å². The summed E-state index contributed by atoms with van der Waals surface area (Å²) in [4.78, 5) is 14.1. The lowest BCUT2D eigenvalue weighted by atomic mass is 10.0. The van der Waals surface area contributed by atoms with Gasteiger partial charge in [0, 0.05) is 61.9 Å². The predicted octanol–water partition coefficient (Wildman–Crippen LogP) is 3.52. The van der Waals surface area contributed by atoms with Gasteiger partial charge in [-0.2, -0.15) is 5.26 Å². The molecule has 2 saturated heterocycles. The van der Waals surface area contributed by atoms with Crippen LogP contribution < -0.4 is 19.7 Å². The molecule has 13 heteroatoms. The number of hydrogen-bond donors (Lipinski definition) is 1. The van der Waals surface area contributed by atoms with Crippen molar-refractivity contribution in [3.63, 3.8) is 0 Å². The van der Waals surface area contributed by atoms with E-state index in [4.69, 9.17) is 14.2 Å². The fraction of sp³-hybridized carbons (Fsp3) is 0.419. The summed E-state index contributed by atoms with van der Waals surface area (Å²) in [6.45, 7) is 8.13. The second kappa shape index (κ2) is 13.7. The topological polar surface area (TPSA) is 139 Å². The van der Waals surface area contributed by atoms with Gasteiger partial charge >= 0.3 is 0 Å². The number of nitrogens with one attached hydrogen (secondary N) is 1. The number of rotatable bonds is 10. The highest BCUT2D eigenvalue weighted by molar-refractivity contribution is 5.70. The van der Waals surface area contributed by atoms with Crippen LogP contribution >= 0.6 is 0 Å². The SMILES string of the molecule is COc1cc(N2CCC(N3CCOCC3)CC2)ccc1Nc1ncc(-c2ccc(C#N)c(O[C@@H](C)Cn3cnnn3)c2)cn1. The normalized spacial score (nSPS) is 16.7. The van der Waals surface area contributed by atoms with Gasteiger partial charge in [-0.3, -0.25) is 4.90 Å². The second-order valence-corrected chi connectivity index (χ2v) is 11.0. The fourth-order valence-electron chi connectivity index (χ4n) is 5.75. The van der Waals surface area contributed by atoms with E-state index in [0.717, 1.165) is 80.5 Å². The summed E-state index contributed by atoms with van der Waals surface area (Å²) in [5.74, 6) is 1.66. The van der Waals surface area contributed by atoms with Crippen molar-refractivity contribution in [1.82, 2.24) is 35.1 Å². The molecule has 0 spiro atoms. The molecular formula is C31H36N10O3. The molecule has 1 N–H and O–H groups in total. The lowest BCUT2D eigenvalue weighted by Gasteiger charge is -2.40. The van der Waals surface area contributed by atoms with Crippen molar-refractivity contribution >= 4 is 17.3 Å². The van der Waals surface area contributed by atoms with Crippen LogP contribution in [0.5, 0.6) is 11.5 Å². The highest BCUT2D eigenvalue weighted by Crippen LogP contribution is 2.33. The fourth-order valence-corrected chi connectivity index (χ4v) is 5.75. The maximum Gasteiger partial charge on any atom is 0.227 e. The van der Waals surface area contributed by atoms with E-state index in [0.29, 0.717) is 29.8 Å². The molecule has 228 valence electrons. The molecule has 0 amide bonds. The Hall–Kier alpha value is -4.80. The van der Waals surface area contributed by atoms with E-state index in [9.17, 15) is 5.26 Å². The Kier molecular flexibility index (Phi) is 9.09. The molecule has 1 atom stereocenters. The average Bonchev–Trinajstić information content (AvgIpc) is 3.58. The monoisotopic (exact) mass is 596 g/mol. The van der Waals surface area contributed by atoms with Crippen molar-refractivity contribution in [2.45, 2.75) is 38.5 Å². The van der Waals surface area contributed by atoms with Crippen LogP contribution in [0, 0.1) is 11.3 Å². The first-order chi connectivity index (χ1) is 21.6. The third kappa shape index (κ3) is 6.88. The number of benzene rings is 2. The number of methoxy groups -OCH3 is 1. The lowest BCUT2D eigenvalue weighted by Crippen LogP contribution is -2.49. The summed E-state index contributed by atoms with van der Waals surface area (Å²) in [5.41, 5.74) is 4.00. The lowest BCUT2D eigenvalue weighted by molar-refractivity contribution is 0.0115. The van der Waals surface area contributed by atoms with E-state index in [1.165, 1.54) is 6.33 Å². The van der Waals surface area contributed by atoms with E-state index in [1.54, 1.807) is 30.3 Å². The molecule has 44 heavy (non-hydrogen) atoms. The van der Waals surface area contributed by atoms with Crippen molar-refractivity contribution in [2.24, 2.45) is 0 Å². The van der Waals surface area contributed by atoms with Gasteiger partial charge in [0.1, 0.15) is 30.0 Å². The molecule has 0 saturated carbocycles. The molecule has 6 rings (SSSR count). The summed E-state index contributed by atoms with van der Waals surface area (Å²) < 4.78 is 18.9. The first-order valence-corrected chi connectivity index (χ1v) is 14.9. The first-order valence-electron chi connectivity index (χ1n) is 14.9. The molecule has 4 aromatic rings. The molecule has 2 fully saturated rings. The number of nitrogens with zero attached hydrogens (tertiary/aromatic N) is 9. The smallest absolute Gasteiger partial charge is 0.227 e. The van der Waals surface area contributed by atoms with Gasteiger partial charge in [0.2, 0.25) is 5.95 Å². The van der Waals surface area contributed by atoms with Crippen LogP contribution in [-0.4, -0.2) is 93.7 Å². The molecule has 0 unspecified atom stereocenters. The summed E-state index contributed by atoms with van der Waals surface area (Å²) in [6.07, 6.45) is 7.04. The van der Waals surface area contributed by atoms with Crippen molar-refractivity contribution in [2.75, 3.05) is 56.7 Å². The standard InChI is InChI=1S/C31H36N10O3/c1-22(20-41-21-35-37-38-41)44-29-15-23(3-4-24(29)17-32)25-18-33-31(34-19-25)36-28-6-5-27(16-30(28)42-2)39-9-7-26(8-10-39)40-11-13-43-14-12-40/h3-6,15-16,18-19,21-22,26H,7-14,20H2,1-2H3,(H,33,34,36)/t22-/m0/s1. The molecule has 2 aliphatic rings. The molecule has 4 heterocycles. The largest absolute Gasteiger partial charge is 0.494 e. The molecule has 0 bridgehead atoms. The molecule has 0 aliphatic carbocycles. The minimum atomic E-state index is -0.257. The Bertz CT molecular complexity index is 1560. The van der Waals surface area contributed by atoms with Crippen LogP contribution in [0.4, 0.5) is 17.3 Å². The van der Waals surface area contributed by atoms with Crippen molar-refractivity contribution in [3.05, 3.63) is 60.7 Å². The van der Waals surface area contributed by atoms with Crippen LogP contribution in [0.1, 0.15) is 25.3 Å². The third-order valence-corrected chi connectivity index (χ3v) is 8.07. The van der Waals surface area contributed by atoms with Crippen LogP contribution in [0.2, 0.25) is 0 Å². The van der Waals surface area contributed by atoms with Gasteiger partial charge in [-0.1, -0.05) is 6.07 Å². The van der Waals surface area contributed by atoms with Crippen LogP contribution in [0.3, 0.4) is 0 Å². The van der Waals surface area contributed by atoms with Crippen molar-refractivity contribution in [3.8, 4) is 28.7 Å². The van der Waals surface area contributed by atoms with Gasteiger partial charge in [-0.05, 0) is 60.0 Å². The maximum atomic E-state index is 9.60. The Morgan fingerprint density at radius 3 is 2.52 bits per heavy atom. The number of piperidine rings is 1. The number of hydrogen-bond acceptors (Lipinski definition) is 12. The van der Waals surface area contributed by atoms with Gasteiger partial charge in [-0.15, -0.1) is 5.10 Å². The number of ether oxygens (including phenoxy) is 3. The van der Waals surface area contributed by atoms with E-state index < -0.39 is 0 Å². The predicted molar refractivity (Wildman–Crippen MR) is 164 cm³/mol. The zero-order chi connectivity index (χ0) is 30.3. The summed E-state index contributed by atoms with van der Waals surface area (Å²) >= 11 is 0. The zero-order valence-corrected chi connectivity index (χ0v) is 25.0. The summed E-state index contributed by atoms with van der Waals surface area (Å²) in [6, 6.07) is 14.4. The van der Waals surface area contributed by atoms with Gasteiger partial charge < -0.3 is 24.4 Å². The van der Waals surface area contributed by atoms with Crippen LogP contribution in [0.15, 0.2) is 55.1 Å². The zero-order valence-electron chi connectivity index (χ0n) is 25.0. The summed E-state index contributed by atoms with van der Waals surface area (Å²) in [5, 5.41) is 24.0. The van der Waals surface area contributed by atoms with Gasteiger partial charge in [0.25, 0.3) is 0 Å². The molecule has 2 aliphatic heterocycles. The van der Waals surface area contributed by atoms with E-state index in [1.807, 2.05) is 25.1 Å². The minimum Gasteiger partial charge on any atom is -0.494 e. The molecular weight excluding hydrogens is 560 g/mol. The Morgan fingerprint density at radius 1 is 1.02 bits per heavy atom. The second-order valence-electron chi connectivity index (χ2n) is 11.0. The quantitative estimate of drug-likeness (QED) is 0.286. The number of morpholine rings is 1. The van der Waals surface area contributed by atoms with Crippen LogP contribution in [0.25, 0.3) is 11.1 Å². The van der Waals surface area contributed by atoms with Gasteiger partial charge in [0.15, 0.2) is 0 Å². The number of anilines is 3. The van der Waals surface area contributed by atoms with Crippen molar-refractivity contribution < 1.29 is 14.2 Å². The van der Waals surface area contributed by atoms with Gasteiger partial charge in [-0.25, -0.2) is 14.6 Å². The number of nitriles is 1. The first kappa shape index (κ1) is 29.3. The average molecular weight is 597 g/mol. The summed E-state index contributed by atoms with van der Waals surface area (Å²) in [7, 11) is 1.67. The Balaban J connectivity index is 1.10. The highest BCUT2D eigenvalue weighted by atomic mass is 16.5. The molecule has 0 radical (unpaired) electrons. The highest BCUT2D eigenvalue weighted by Gasteiger charge is 2.26. The Labute approximate surface area is 256 Å². The van der Waals surface area contributed by atoms with Gasteiger partial charge in [0.05, 0.1) is 38.1 Å². The third-order valence-electron chi connectivity index (χ3n) is 8.07. The molecule has 2 aromatic carbocycles. The van der Waals surface area contributed by atoms with E-state index in [-0.39, 0.29) is 6.10 Å². The minimum absolute atomic E-state index is 0.257. The van der Waals surface area contributed by atoms with E-state index in [2.05, 4.69) is 58.8 Å². The molecule has 13 nitrogen and oxygen atoms in total. The maximum absolute atomic E-state index is 9.60. The Morgan fingerprint density at radius 2 is 1.82 bits per heavy atom. The molecule has 2 aromatic heterocycles. The van der Waals surface area contributed by atoms with Crippen LogP contribution in [-0.2, 0) is 11.3 Å². The number of tetrazole rings is 1. The van der Waals surface area contributed by atoms with Crippen molar-refractivity contribution in [1.29, 1.82) is 5.26 Å².